The zero-order chi connectivity index (χ0) is 6.69. The third kappa shape index (κ3) is 1.01. The molecule has 1 rings (SSSR count). The fraction of sp³-hybridized carbons (Fsp3) is 0. The van der Waals surface area contributed by atoms with Gasteiger partial charge in [-0.1, -0.05) is 0 Å². The van der Waals surface area contributed by atoms with E-state index in [1.165, 1.54) is 24.3 Å². The van der Waals surface area contributed by atoms with Crippen LogP contribution >= 0.6 is 0 Å². The summed E-state index contributed by atoms with van der Waals surface area (Å²) in [6.45, 7) is 0. The van der Waals surface area contributed by atoms with Crippen LogP contribution in [0.2, 0.25) is 0 Å². The smallest absolute Gasteiger partial charge is 0.215 e. The van der Waals surface area contributed by atoms with Crippen molar-refractivity contribution in [3.63, 3.8) is 0 Å². The molecule has 0 atom stereocenters. The SMILES string of the molecule is O=C=C1N=CC=CC1=O. The highest BCUT2D eigenvalue weighted by Gasteiger charge is 2.05. The Hall–Kier alpha value is -1.47. The van der Waals surface area contributed by atoms with Gasteiger partial charge in [-0.25, -0.2) is 9.79 Å². The zero-order valence-electron chi connectivity index (χ0n) is 4.50. The molecule has 1 aliphatic rings. The van der Waals surface area contributed by atoms with Crippen molar-refractivity contribution >= 4 is 17.9 Å². The van der Waals surface area contributed by atoms with Gasteiger partial charge in [-0.2, -0.15) is 0 Å². The fourth-order valence-corrected chi connectivity index (χ4v) is 0.467. The Labute approximate surface area is 51.4 Å². The number of ketones is 1. The largest absolute Gasteiger partial charge is 0.287 e. The third-order valence-electron chi connectivity index (χ3n) is 0.867. The van der Waals surface area contributed by atoms with Crippen LogP contribution in [0.4, 0.5) is 0 Å². The Bertz CT molecular complexity index is 244. The van der Waals surface area contributed by atoms with Gasteiger partial charge in [0.25, 0.3) is 0 Å². The van der Waals surface area contributed by atoms with Gasteiger partial charge >= 0.3 is 0 Å². The lowest BCUT2D eigenvalue weighted by Gasteiger charge is -1.91. The number of hydrogen-bond donors (Lipinski definition) is 0. The predicted octanol–water partition coefficient (Wildman–Crippen LogP) is -0.0884. The summed E-state index contributed by atoms with van der Waals surface area (Å²) in [4.78, 5) is 23.8. The van der Waals surface area contributed by atoms with Crippen molar-refractivity contribution in [3.8, 4) is 0 Å². The molecule has 0 aromatic carbocycles. The number of hydrogen-bond acceptors (Lipinski definition) is 3. The van der Waals surface area contributed by atoms with E-state index in [9.17, 15) is 9.59 Å². The number of aliphatic imine (C=N–C) groups is 1. The van der Waals surface area contributed by atoms with Gasteiger partial charge in [0, 0.05) is 6.21 Å². The van der Waals surface area contributed by atoms with E-state index in [4.69, 9.17) is 0 Å². The van der Waals surface area contributed by atoms with Gasteiger partial charge in [-0.05, 0) is 12.2 Å². The molecule has 9 heavy (non-hydrogen) atoms. The van der Waals surface area contributed by atoms with E-state index in [2.05, 4.69) is 4.99 Å². The monoisotopic (exact) mass is 121 g/mol. The zero-order valence-corrected chi connectivity index (χ0v) is 4.50. The minimum absolute atomic E-state index is 0.155. The minimum atomic E-state index is -0.382. The highest BCUT2D eigenvalue weighted by Crippen LogP contribution is 1.97. The van der Waals surface area contributed by atoms with Crippen molar-refractivity contribution < 1.29 is 9.59 Å². The van der Waals surface area contributed by atoms with E-state index in [0.717, 1.165) is 0 Å². The van der Waals surface area contributed by atoms with E-state index in [0.29, 0.717) is 0 Å². The molecule has 0 N–H and O–H groups in total. The maximum atomic E-state index is 10.5. The second kappa shape index (κ2) is 2.20. The molecule has 44 valence electrons. The van der Waals surface area contributed by atoms with Crippen molar-refractivity contribution in [2.24, 2.45) is 4.99 Å². The molecule has 3 heteroatoms. The van der Waals surface area contributed by atoms with Gasteiger partial charge in [0.1, 0.15) is 0 Å². The summed E-state index contributed by atoms with van der Waals surface area (Å²) in [5, 5.41) is 0. The van der Waals surface area contributed by atoms with Gasteiger partial charge in [-0.3, -0.25) is 4.79 Å². The van der Waals surface area contributed by atoms with Crippen LogP contribution < -0.4 is 0 Å². The van der Waals surface area contributed by atoms with Crippen LogP contribution in [0.1, 0.15) is 0 Å². The topological polar surface area (TPSA) is 46.5 Å². The molecule has 0 aromatic heterocycles. The fourth-order valence-electron chi connectivity index (χ4n) is 0.467. The standard InChI is InChI=1S/C6H3NO2/c8-4-5-6(9)2-1-3-7-5/h1-3H. The second-order valence-electron chi connectivity index (χ2n) is 1.45. The van der Waals surface area contributed by atoms with E-state index >= 15 is 0 Å². The third-order valence-corrected chi connectivity index (χ3v) is 0.867. The summed E-state index contributed by atoms with van der Waals surface area (Å²) in [6.07, 6.45) is 4.12. The van der Waals surface area contributed by atoms with E-state index < -0.39 is 0 Å². The normalized spacial score (nSPS) is 16.0. The number of nitrogens with zero attached hydrogens (tertiary/aromatic N) is 1. The molecule has 0 bridgehead atoms. The summed E-state index contributed by atoms with van der Waals surface area (Å²) in [5.74, 6) is 1.04. The molecule has 0 amide bonds. The molecule has 1 aliphatic heterocycles. The molecule has 0 saturated heterocycles. The first-order valence-corrected chi connectivity index (χ1v) is 2.35. The molecule has 0 unspecified atom stereocenters. The van der Waals surface area contributed by atoms with Gasteiger partial charge in [0.2, 0.25) is 5.78 Å². The first-order chi connectivity index (χ1) is 4.34. The maximum Gasteiger partial charge on any atom is 0.215 e. The molecule has 0 aliphatic carbocycles. The summed E-state index contributed by atoms with van der Waals surface area (Å²) >= 11 is 0. The summed E-state index contributed by atoms with van der Waals surface area (Å²) in [7, 11) is 0. The highest BCUT2D eigenvalue weighted by molar-refractivity contribution is 6.13. The molecule has 0 saturated carbocycles. The quantitative estimate of drug-likeness (QED) is 0.332. The van der Waals surface area contributed by atoms with Crippen LogP contribution in [0, 0.1) is 0 Å². The Kier molecular flexibility index (Phi) is 1.38. The lowest BCUT2D eigenvalue weighted by atomic mass is 10.2. The van der Waals surface area contributed by atoms with Crippen molar-refractivity contribution in [2.75, 3.05) is 0 Å². The molecule has 1 heterocycles. The van der Waals surface area contributed by atoms with Gasteiger partial charge in [-0.15, -0.1) is 0 Å². The lowest BCUT2D eigenvalue weighted by Crippen LogP contribution is -2.00. The summed E-state index contributed by atoms with van der Waals surface area (Å²) < 4.78 is 0. The minimum Gasteiger partial charge on any atom is -0.287 e. The Balaban J connectivity index is 3.04. The Morgan fingerprint density at radius 3 is 2.78 bits per heavy atom. The Morgan fingerprint density at radius 2 is 2.33 bits per heavy atom. The maximum absolute atomic E-state index is 10.5. The highest BCUT2D eigenvalue weighted by atomic mass is 16.1. The molecular formula is C6H3NO2. The summed E-state index contributed by atoms with van der Waals surface area (Å²) in [5.41, 5.74) is -0.155. The van der Waals surface area contributed by atoms with Crippen LogP contribution in [-0.2, 0) is 9.59 Å². The van der Waals surface area contributed by atoms with Gasteiger partial charge < -0.3 is 0 Å². The van der Waals surface area contributed by atoms with Crippen molar-refractivity contribution in [2.45, 2.75) is 0 Å². The van der Waals surface area contributed by atoms with Crippen LogP contribution in [0.25, 0.3) is 0 Å². The lowest BCUT2D eigenvalue weighted by molar-refractivity contribution is -0.111. The Morgan fingerprint density at radius 1 is 1.56 bits per heavy atom. The molecule has 0 spiro atoms. The molecule has 0 radical (unpaired) electrons. The van der Waals surface area contributed by atoms with E-state index in [1.807, 2.05) is 0 Å². The van der Waals surface area contributed by atoms with Crippen molar-refractivity contribution in [1.82, 2.24) is 0 Å². The molecular weight excluding hydrogens is 118 g/mol. The van der Waals surface area contributed by atoms with Crippen molar-refractivity contribution in [1.29, 1.82) is 0 Å². The average Bonchev–Trinajstić information content (AvgIpc) is 1.89. The molecule has 0 aromatic rings. The number of rotatable bonds is 0. The summed E-state index contributed by atoms with van der Waals surface area (Å²) in [6, 6.07) is 0. The van der Waals surface area contributed by atoms with Crippen LogP contribution in [0.15, 0.2) is 22.8 Å². The number of carbonyl (C=O) groups excluding carboxylic acids is 2. The van der Waals surface area contributed by atoms with E-state index in [-0.39, 0.29) is 11.5 Å². The average molecular weight is 121 g/mol. The number of allylic oxidation sites excluding steroid dienone is 2. The molecule has 0 fully saturated rings. The first-order valence-electron chi connectivity index (χ1n) is 2.35. The van der Waals surface area contributed by atoms with Gasteiger partial charge in [0.15, 0.2) is 11.6 Å². The van der Waals surface area contributed by atoms with Crippen LogP contribution in [-0.4, -0.2) is 17.9 Å². The van der Waals surface area contributed by atoms with Crippen LogP contribution in [0.5, 0.6) is 0 Å². The first kappa shape index (κ1) is 5.66. The van der Waals surface area contributed by atoms with Crippen molar-refractivity contribution in [3.05, 3.63) is 17.8 Å². The molecule has 3 nitrogen and oxygen atoms in total. The number of dihydropyridines is 1. The predicted molar refractivity (Wildman–Crippen MR) is 31.8 cm³/mol. The van der Waals surface area contributed by atoms with Crippen LogP contribution in [0.3, 0.4) is 0 Å². The second-order valence-corrected chi connectivity index (χ2v) is 1.45. The van der Waals surface area contributed by atoms with Gasteiger partial charge in [0.05, 0.1) is 0 Å². The number of carbonyl (C=O) groups is 1. The van der Waals surface area contributed by atoms with E-state index in [1.54, 1.807) is 0 Å².